The molecule has 2 aromatic rings. The summed E-state index contributed by atoms with van der Waals surface area (Å²) in [6, 6.07) is 14.1. The average molecular weight is 530 g/mol. The van der Waals surface area contributed by atoms with Gasteiger partial charge in [-0.05, 0) is 68.0 Å². The van der Waals surface area contributed by atoms with Gasteiger partial charge in [0.05, 0.1) is 26.4 Å². The highest BCUT2D eigenvalue weighted by Gasteiger charge is 2.38. The van der Waals surface area contributed by atoms with Crippen molar-refractivity contribution < 1.29 is 23.8 Å². The number of carbonyl (C=O) groups excluding carboxylic acids is 1. The number of ether oxygens (including phenoxy) is 2. The molecule has 8 heteroatoms. The van der Waals surface area contributed by atoms with Gasteiger partial charge in [0, 0.05) is 37.8 Å². The maximum absolute atomic E-state index is 13.5. The number of aliphatic hydroxyl groups is 1. The molecule has 1 aliphatic rings. The second-order valence-corrected chi connectivity index (χ2v) is 11.0. The number of likely N-dealkylation sites (tertiary alicyclic amines) is 1. The minimum absolute atomic E-state index is 0.0228. The van der Waals surface area contributed by atoms with Gasteiger partial charge in [-0.1, -0.05) is 38.1 Å². The van der Waals surface area contributed by atoms with E-state index in [2.05, 4.69) is 37.9 Å². The van der Waals surface area contributed by atoms with Crippen molar-refractivity contribution >= 4 is 6.03 Å². The van der Waals surface area contributed by atoms with Crippen LogP contribution in [0.2, 0.25) is 0 Å². The van der Waals surface area contributed by atoms with Crippen LogP contribution in [0.1, 0.15) is 51.7 Å². The highest BCUT2D eigenvalue weighted by atomic mass is 19.1. The van der Waals surface area contributed by atoms with Crippen molar-refractivity contribution in [3.63, 3.8) is 0 Å². The van der Waals surface area contributed by atoms with E-state index in [1.165, 1.54) is 12.1 Å². The molecule has 0 unspecified atom stereocenters. The van der Waals surface area contributed by atoms with Crippen LogP contribution in [0.4, 0.5) is 9.18 Å². The number of urea groups is 1. The van der Waals surface area contributed by atoms with Crippen LogP contribution in [0.15, 0.2) is 48.5 Å². The SMILES string of the molecule is CC(C)COc1ccc(CNC(=O)N(Cc2ccc(F)cc2)[C@H]2CCN(CCOCCO)C(C)(C)C2)cc1. The van der Waals surface area contributed by atoms with Crippen LogP contribution >= 0.6 is 0 Å². The maximum Gasteiger partial charge on any atom is 0.318 e. The number of nitrogens with zero attached hydrogens (tertiary/aromatic N) is 2. The molecule has 1 fully saturated rings. The van der Waals surface area contributed by atoms with E-state index in [-0.39, 0.29) is 30.0 Å². The summed E-state index contributed by atoms with van der Waals surface area (Å²) >= 11 is 0. The first kappa shape index (κ1) is 29.9. The van der Waals surface area contributed by atoms with E-state index in [0.29, 0.717) is 38.8 Å². The molecule has 1 saturated heterocycles. The van der Waals surface area contributed by atoms with Crippen LogP contribution in [0.3, 0.4) is 0 Å². The minimum Gasteiger partial charge on any atom is -0.493 e. The first-order valence-electron chi connectivity index (χ1n) is 13.6. The molecule has 2 amide bonds. The Labute approximate surface area is 226 Å². The van der Waals surface area contributed by atoms with Crippen LogP contribution in [0, 0.1) is 11.7 Å². The summed E-state index contributed by atoms with van der Waals surface area (Å²) in [5, 5.41) is 12.0. The van der Waals surface area contributed by atoms with E-state index in [1.807, 2.05) is 29.2 Å². The third kappa shape index (κ3) is 9.26. The number of hydrogen-bond acceptors (Lipinski definition) is 5. The number of amides is 2. The van der Waals surface area contributed by atoms with E-state index in [9.17, 15) is 9.18 Å². The summed E-state index contributed by atoms with van der Waals surface area (Å²) < 4.78 is 24.8. The summed E-state index contributed by atoms with van der Waals surface area (Å²) in [6.45, 7) is 12.7. The number of rotatable bonds is 13. The van der Waals surface area contributed by atoms with E-state index < -0.39 is 0 Å². The molecule has 3 rings (SSSR count). The van der Waals surface area contributed by atoms with Crippen LogP contribution in [-0.4, -0.2) is 72.0 Å². The third-order valence-corrected chi connectivity index (χ3v) is 6.98. The fourth-order valence-corrected chi connectivity index (χ4v) is 4.84. The lowest BCUT2D eigenvalue weighted by molar-refractivity contribution is 0.000210. The molecule has 1 heterocycles. The van der Waals surface area contributed by atoms with Crippen LogP contribution < -0.4 is 10.1 Å². The predicted molar refractivity (Wildman–Crippen MR) is 148 cm³/mol. The van der Waals surface area contributed by atoms with Gasteiger partial charge in [0.15, 0.2) is 0 Å². The second kappa shape index (κ2) is 14.5. The molecule has 210 valence electrons. The Morgan fingerprint density at radius 2 is 1.82 bits per heavy atom. The second-order valence-electron chi connectivity index (χ2n) is 11.0. The van der Waals surface area contributed by atoms with Gasteiger partial charge in [0.25, 0.3) is 0 Å². The Balaban J connectivity index is 1.65. The molecule has 2 N–H and O–H groups in total. The van der Waals surface area contributed by atoms with Crippen LogP contribution in [0.25, 0.3) is 0 Å². The number of carbonyl (C=O) groups is 1. The molecule has 38 heavy (non-hydrogen) atoms. The zero-order chi connectivity index (χ0) is 27.5. The van der Waals surface area contributed by atoms with Gasteiger partial charge in [-0.2, -0.15) is 0 Å². The summed E-state index contributed by atoms with van der Waals surface area (Å²) in [5.41, 5.74) is 1.76. The summed E-state index contributed by atoms with van der Waals surface area (Å²) in [5.74, 6) is 0.989. The summed E-state index contributed by atoms with van der Waals surface area (Å²) in [6.07, 6.45) is 1.64. The van der Waals surface area contributed by atoms with E-state index in [4.69, 9.17) is 14.6 Å². The van der Waals surface area contributed by atoms with Gasteiger partial charge >= 0.3 is 6.03 Å². The molecule has 0 radical (unpaired) electrons. The molecular weight excluding hydrogens is 485 g/mol. The van der Waals surface area contributed by atoms with Gasteiger partial charge in [0.2, 0.25) is 0 Å². The van der Waals surface area contributed by atoms with Gasteiger partial charge in [-0.15, -0.1) is 0 Å². The lowest BCUT2D eigenvalue weighted by Crippen LogP contribution is -2.58. The number of hydrogen-bond donors (Lipinski definition) is 2. The largest absolute Gasteiger partial charge is 0.493 e. The highest BCUT2D eigenvalue weighted by molar-refractivity contribution is 5.74. The number of nitrogens with one attached hydrogen (secondary N) is 1. The van der Waals surface area contributed by atoms with Crippen molar-refractivity contribution in [1.82, 2.24) is 15.1 Å². The first-order chi connectivity index (χ1) is 18.2. The Morgan fingerprint density at radius 3 is 2.45 bits per heavy atom. The van der Waals surface area contributed by atoms with Gasteiger partial charge in [0.1, 0.15) is 11.6 Å². The molecule has 0 spiro atoms. The maximum atomic E-state index is 13.5. The number of piperidine rings is 1. The topological polar surface area (TPSA) is 74.3 Å². The molecule has 0 bridgehead atoms. The van der Waals surface area contributed by atoms with Gasteiger partial charge in [-0.25, -0.2) is 9.18 Å². The van der Waals surface area contributed by atoms with Crippen molar-refractivity contribution in [3.8, 4) is 5.75 Å². The zero-order valence-corrected chi connectivity index (χ0v) is 23.3. The van der Waals surface area contributed by atoms with E-state index in [0.717, 1.165) is 42.8 Å². The number of aliphatic hydroxyl groups excluding tert-OH is 1. The lowest BCUT2D eigenvalue weighted by atomic mass is 9.86. The van der Waals surface area contributed by atoms with Crippen molar-refractivity contribution in [1.29, 1.82) is 0 Å². The van der Waals surface area contributed by atoms with Crippen LogP contribution in [0.5, 0.6) is 5.75 Å². The molecule has 0 aliphatic carbocycles. The van der Waals surface area contributed by atoms with Gasteiger partial charge in [-0.3, -0.25) is 4.90 Å². The summed E-state index contributed by atoms with van der Waals surface area (Å²) in [4.78, 5) is 17.8. The lowest BCUT2D eigenvalue weighted by Gasteiger charge is -2.48. The fraction of sp³-hybridized carbons (Fsp3) is 0.567. The quantitative estimate of drug-likeness (QED) is 0.364. The number of benzene rings is 2. The zero-order valence-electron chi connectivity index (χ0n) is 23.3. The number of halogens is 1. The molecule has 7 nitrogen and oxygen atoms in total. The molecule has 0 saturated carbocycles. The smallest absolute Gasteiger partial charge is 0.318 e. The molecule has 2 aromatic carbocycles. The van der Waals surface area contributed by atoms with E-state index >= 15 is 0 Å². The van der Waals surface area contributed by atoms with Crippen molar-refractivity contribution in [2.45, 2.75) is 65.2 Å². The molecule has 1 aliphatic heterocycles. The predicted octanol–water partition coefficient (Wildman–Crippen LogP) is 4.82. The normalized spacial score (nSPS) is 17.4. The Hall–Kier alpha value is -2.68. The highest BCUT2D eigenvalue weighted by Crippen LogP contribution is 2.31. The van der Waals surface area contributed by atoms with Crippen molar-refractivity contribution in [2.75, 3.05) is 39.5 Å². The molecule has 0 aromatic heterocycles. The molecule has 1 atom stereocenters. The first-order valence-corrected chi connectivity index (χ1v) is 13.6. The van der Waals surface area contributed by atoms with Crippen molar-refractivity contribution in [3.05, 3.63) is 65.5 Å². The Kier molecular flexibility index (Phi) is 11.4. The summed E-state index contributed by atoms with van der Waals surface area (Å²) in [7, 11) is 0. The standard InChI is InChI=1S/C30H44FN3O4/c1-23(2)22-38-28-11-7-24(8-12-28)20-32-29(36)34(21-25-5-9-26(31)10-6-25)27-13-14-33(30(3,4)19-27)15-17-37-18-16-35/h5-12,23,27,35H,13-22H2,1-4H3,(H,32,36)/t27-/m0/s1. The average Bonchev–Trinajstić information content (AvgIpc) is 2.89. The monoisotopic (exact) mass is 529 g/mol. The Bertz CT molecular complexity index is 982. The minimum atomic E-state index is -0.288. The third-order valence-electron chi connectivity index (χ3n) is 6.98. The van der Waals surface area contributed by atoms with Crippen molar-refractivity contribution in [2.24, 2.45) is 5.92 Å². The Morgan fingerprint density at radius 1 is 1.13 bits per heavy atom. The molecular formula is C30H44FN3O4. The van der Waals surface area contributed by atoms with E-state index in [1.54, 1.807) is 12.1 Å². The van der Waals surface area contributed by atoms with Gasteiger partial charge < -0.3 is 24.8 Å². The fourth-order valence-electron chi connectivity index (χ4n) is 4.84. The van der Waals surface area contributed by atoms with Crippen LogP contribution in [-0.2, 0) is 17.8 Å².